The van der Waals surface area contributed by atoms with Crippen molar-refractivity contribution in [3.05, 3.63) is 49.6 Å². The van der Waals surface area contributed by atoms with E-state index in [9.17, 15) is 8.42 Å². The summed E-state index contributed by atoms with van der Waals surface area (Å²) in [6.07, 6.45) is 0. The standard InChI is InChI=1S/C13H13BrClNO2S2/c1-9-12(7-13(14)19-9)20(17,18)16(2)8-10-3-5-11(15)6-4-10/h3-7H,8H2,1-2H3. The van der Waals surface area contributed by atoms with Crippen LogP contribution in [0.2, 0.25) is 5.02 Å². The second kappa shape index (κ2) is 6.15. The number of rotatable bonds is 4. The van der Waals surface area contributed by atoms with Gasteiger partial charge in [0.15, 0.2) is 0 Å². The Morgan fingerprint density at radius 2 is 1.90 bits per heavy atom. The van der Waals surface area contributed by atoms with Gasteiger partial charge in [0.2, 0.25) is 10.0 Å². The molecule has 0 atom stereocenters. The van der Waals surface area contributed by atoms with Crippen molar-refractivity contribution in [2.24, 2.45) is 0 Å². The zero-order valence-corrected chi connectivity index (χ0v) is 14.9. The van der Waals surface area contributed by atoms with E-state index in [1.807, 2.05) is 12.1 Å². The molecule has 108 valence electrons. The zero-order valence-electron chi connectivity index (χ0n) is 10.9. The third-order valence-corrected chi connectivity index (χ3v) is 6.71. The fourth-order valence-electron chi connectivity index (χ4n) is 1.79. The van der Waals surface area contributed by atoms with Gasteiger partial charge in [-0.1, -0.05) is 23.7 Å². The average Bonchev–Trinajstić information content (AvgIpc) is 2.72. The van der Waals surface area contributed by atoms with Gasteiger partial charge in [0, 0.05) is 23.5 Å². The Hall–Kier alpha value is -0.400. The minimum atomic E-state index is -3.48. The summed E-state index contributed by atoms with van der Waals surface area (Å²) < 4.78 is 27.2. The van der Waals surface area contributed by atoms with Gasteiger partial charge in [-0.25, -0.2) is 8.42 Å². The predicted octanol–water partition coefficient (Wildman–Crippen LogP) is 4.29. The van der Waals surface area contributed by atoms with Crippen molar-refractivity contribution >= 4 is 48.9 Å². The molecule has 0 unspecified atom stereocenters. The summed E-state index contributed by atoms with van der Waals surface area (Å²) in [6.45, 7) is 2.12. The highest BCUT2D eigenvalue weighted by atomic mass is 79.9. The Morgan fingerprint density at radius 1 is 1.30 bits per heavy atom. The van der Waals surface area contributed by atoms with Gasteiger partial charge in [0.25, 0.3) is 0 Å². The summed E-state index contributed by atoms with van der Waals surface area (Å²) in [5.41, 5.74) is 0.896. The fraction of sp³-hybridized carbons (Fsp3) is 0.231. The van der Waals surface area contributed by atoms with Crippen LogP contribution in [0, 0.1) is 6.92 Å². The molecule has 0 amide bonds. The Labute approximate surface area is 136 Å². The van der Waals surface area contributed by atoms with Crippen LogP contribution >= 0.6 is 38.9 Å². The maximum absolute atomic E-state index is 12.5. The van der Waals surface area contributed by atoms with E-state index in [-0.39, 0.29) is 0 Å². The zero-order chi connectivity index (χ0) is 14.9. The monoisotopic (exact) mass is 393 g/mol. The van der Waals surface area contributed by atoms with Gasteiger partial charge in [0.05, 0.1) is 8.68 Å². The van der Waals surface area contributed by atoms with E-state index in [0.29, 0.717) is 16.5 Å². The Kier molecular flexibility index (Phi) is 4.92. The number of hydrogen-bond acceptors (Lipinski definition) is 3. The number of hydrogen-bond donors (Lipinski definition) is 0. The van der Waals surface area contributed by atoms with E-state index in [2.05, 4.69) is 15.9 Å². The van der Waals surface area contributed by atoms with Crippen molar-refractivity contribution in [2.75, 3.05) is 7.05 Å². The van der Waals surface area contributed by atoms with E-state index in [4.69, 9.17) is 11.6 Å². The van der Waals surface area contributed by atoms with Crippen LogP contribution < -0.4 is 0 Å². The molecular weight excluding hydrogens is 382 g/mol. The first-order valence-electron chi connectivity index (χ1n) is 5.77. The molecule has 0 aliphatic carbocycles. The lowest BCUT2D eigenvalue weighted by atomic mass is 10.2. The molecule has 0 spiro atoms. The van der Waals surface area contributed by atoms with Crippen LogP contribution in [0.1, 0.15) is 10.4 Å². The Balaban J connectivity index is 2.25. The molecule has 3 nitrogen and oxygen atoms in total. The molecule has 1 aromatic carbocycles. The van der Waals surface area contributed by atoms with Gasteiger partial charge in [-0.05, 0) is 46.6 Å². The molecule has 2 rings (SSSR count). The maximum Gasteiger partial charge on any atom is 0.244 e. The third kappa shape index (κ3) is 3.43. The van der Waals surface area contributed by atoms with Gasteiger partial charge in [-0.3, -0.25) is 0 Å². The number of sulfonamides is 1. The van der Waals surface area contributed by atoms with Crippen molar-refractivity contribution in [1.82, 2.24) is 4.31 Å². The number of nitrogens with zero attached hydrogens (tertiary/aromatic N) is 1. The highest BCUT2D eigenvalue weighted by Gasteiger charge is 2.24. The lowest BCUT2D eigenvalue weighted by Gasteiger charge is -2.17. The van der Waals surface area contributed by atoms with Crippen LogP contribution in [-0.4, -0.2) is 19.8 Å². The average molecular weight is 395 g/mol. The lowest BCUT2D eigenvalue weighted by molar-refractivity contribution is 0.466. The smallest absolute Gasteiger partial charge is 0.207 e. The van der Waals surface area contributed by atoms with Gasteiger partial charge in [0.1, 0.15) is 0 Å². The molecule has 0 N–H and O–H groups in total. The highest BCUT2D eigenvalue weighted by Crippen LogP contribution is 2.31. The molecule has 0 saturated carbocycles. The second-order valence-corrected chi connectivity index (χ2v) is 9.44. The van der Waals surface area contributed by atoms with E-state index in [0.717, 1.165) is 14.2 Å². The summed E-state index contributed by atoms with van der Waals surface area (Å²) in [6, 6.07) is 8.80. The largest absolute Gasteiger partial charge is 0.244 e. The van der Waals surface area contributed by atoms with Crippen molar-refractivity contribution in [3.63, 3.8) is 0 Å². The van der Waals surface area contributed by atoms with Crippen LogP contribution in [-0.2, 0) is 16.6 Å². The number of thiophene rings is 1. The second-order valence-electron chi connectivity index (χ2n) is 4.36. The highest BCUT2D eigenvalue weighted by molar-refractivity contribution is 9.11. The van der Waals surface area contributed by atoms with E-state index < -0.39 is 10.0 Å². The molecule has 0 aliphatic heterocycles. The SMILES string of the molecule is Cc1sc(Br)cc1S(=O)(=O)N(C)Cc1ccc(Cl)cc1. The Morgan fingerprint density at radius 3 is 2.40 bits per heavy atom. The van der Waals surface area contributed by atoms with Crippen molar-refractivity contribution in [1.29, 1.82) is 0 Å². The summed E-state index contributed by atoms with van der Waals surface area (Å²) >= 11 is 10.6. The van der Waals surface area contributed by atoms with Crippen LogP contribution in [0.5, 0.6) is 0 Å². The normalized spacial score (nSPS) is 12.1. The first-order chi connectivity index (χ1) is 9.30. The molecule has 1 aromatic heterocycles. The van der Waals surface area contributed by atoms with Crippen LogP contribution in [0.15, 0.2) is 39.0 Å². The molecule has 7 heteroatoms. The molecule has 0 radical (unpaired) electrons. The fourth-order valence-corrected chi connectivity index (χ4v) is 5.45. The predicted molar refractivity (Wildman–Crippen MR) is 86.9 cm³/mol. The molecule has 2 aromatic rings. The van der Waals surface area contributed by atoms with Crippen LogP contribution in [0.25, 0.3) is 0 Å². The van der Waals surface area contributed by atoms with Crippen molar-refractivity contribution < 1.29 is 8.42 Å². The molecule has 0 saturated heterocycles. The molecule has 0 bridgehead atoms. The number of aryl methyl sites for hydroxylation is 1. The lowest BCUT2D eigenvalue weighted by Crippen LogP contribution is -2.26. The molecule has 0 aliphatic rings. The first-order valence-corrected chi connectivity index (χ1v) is 9.20. The summed E-state index contributed by atoms with van der Waals surface area (Å²) in [4.78, 5) is 1.13. The minimum absolute atomic E-state index is 0.312. The van der Waals surface area contributed by atoms with Crippen LogP contribution in [0.4, 0.5) is 0 Å². The Bertz CT molecular complexity index is 710. The van der Waals surface area contributed by atoms with E-state index >= 15 is 0 Å². The van der Waals surface area contributed by atoms with Crippen molar-refractivity contribution in [2.45, 2.75) is 18.4 Å². The maximum atomic E-state index is 12.5. The number of benzene rings is 1. The van der Waals surface area contributed by atoms with E-state index in [1.54, 1.807) is 32.2 Å². The quantitative estimate of drug-likeness (QED) is 0.775. The third-order valence-electron chi connectivity index (χ3n) is 2.85. The molecule has 1 heterocycles. The molecule has 20 heavy (non-hydrogen) atoms. The summed E-state index contributed by atoms with van der Waals surface area (Å²) in [5, 5.41) is 0.636. The topological polar surface area (TPSA) is 37.4 Å². The van der Waals surface area contributed by atoms with Gasteiger partial charge in [-0.2, -0.15) is 4.31 Å². The summed E-state index contributed by atoms with van der Waals surface area (Å²) in [7, 11) is -1.90. The molecule has 0 fully saturated rings. The van der Waals surface area contributed by atoms with Gasteiger partial charge < -0.3 is 0 Å². The summed E-state index contributed by atoms with van der Waals surface area (Å²) in [5.74, 6) is 0. The minimum Gasteiger partial charge on any atom is -0.207 e. The molecular formula is C13H13BrClNO2S2. The van der Waals surface area contributed by atoms with E-state index in [1.165, 1.54) is 15.6 Å². The number of halogens is 2. The van der Waals surface area contributed by atoms with Crippen LogP contribution in [0.3, 0.4) is 0 Å². The van der Waals surface area contributed by atoms with Gasteiger partial charge >= 0.3 is 0 Å². The van der Waals surface area contributed by atoms with Crippen molar-refractivity contribution in [3.8, 4) is 0 Å². The van der Waals surface area contributed by atoms with Gasteiger partial charge in [-0.15, -0.1) is 11.3 Å². The first kappa shape index (κ1) is 16.0.